The van der Waals surface area contributed by atoms with Gasteiger partial charge in [-0.1, -0.05) is 12.1 Å². The lowest BCUT2D eigenvalue weighted by atomic mass is 9.89. The van der Waals surface area contributed by atoms with Crippen molar-refractivity contribution in [1.29, 1.82) is 0 Å². The lowest BCUT2D eigenvalue weighted by Crippen LogP contribution is -2.29. The van der Waals surface area contributed by atoms with E-state index in [0.29, 0.717) is 17.9 Å². The third-order valence-corrected chi connectivity index (χ3v) is 4.40. The van der Waals surface area contributed by atoms with E-state index in [1.165, 1.54) is 6.20 Å². The molecule has 0 unspecified atom stereocenters. The molecule has 1 aliphatic heterocycles. The summed E-state index contributed by atoms with van der Waals surface area (Å²) < 4.78 is 6.77. The molecule has 0 saturated carbocycles. The van der Waals surface area contributed by atoms with Crippen LogP contribution in [0.1, 0.15) is 21.8 Å². The molecule has 1 amide bonds. The molecule has 3 rings (SSSR count). The molecule has 2 aromatic rings. The van der Waals surface area contributed by atoms with Crippen LogP contribution in [0.15, 0.2) is 36.7 Å². The molecule has 2 heterocycles. The molecular weight excluding hydrogens is 310 g/mol. The third kappa shape index (κ3) is 2.97. The SMILES string of the molecule is COc1cccc([C@H]2CN(C(=O)c3cnn(C)c3)C[C@@H]2C(=O)O)c1. The van der Waals surface area contributed by atoms with E-state index in [2.05, 4.69) is 5.10 Å². The quantitative estimate of drug-likeness (QED) is 0.916. The maximum atomic E-state index is 12.6. The molecule has 1 fully saturated rings. The second-order valence-electron chi connectivity index (χ2n) is 5.94. The van der Waals surface area contributed by atoms with Gasteiger partial charge in [-0.15, -0.1) is 0 Å². The molecule has 7 heteroatoms. The van der Waals surface area contributed by atoms with Crippen LogP contribution >= 0.6 is 0 Å². The first-order valence-corrected chi connectivity index (χ1v) is 7.64. The van der Waals surface area contributed by atoms with Crippen molar-refractivity contribution in [3.8, 4) is 5.75 Å². The molecule has 0 bridgehead atoms. The van der Waals surface area contributed by atoms with Crippen LogP contribution < -0.4 is 4.74 Å². The molecule has 2 atom stereocenters. The number of benzene rings is 1. The van der Waals surface area contributed by atoms with E-state index >= 15 is 0 Å². The van der Waals surface area contributed by atoms with E-state index in [0.717, 1.165) is 5.56 Å². The minimum absolute atomic E-state index is 0.185. The number of carboxylic acid groups (broad SMARTS) is 1. The summed E-state index contributed by atoms with van der Waals surface area (Å²) in [6, 6.07) is 7.35. The van der Waals surface area contributed by atoms with E-state index in [9.17, 15) is 14.7 Å². The van der Waals surface area contributed by atoms with Gasteiger partial charge in [-0.25, -0.2) is 0 Å². The summed E-state index contributed by atoms with van der Waals surface area (Å²) in [6.07, 6.45) is 3.13. The Bertz CT molecular complexity index is 771. The number of rotatable bonds is 4. The topological polar surface area (TPSA) is 84.7 Å². The molecule has 126 valence electrons. The normalized spacial score (nSPS) is 20.2. The van der Waals surface area contributed by atoms with Gasteiger partial charge in [0.2, 0.25) is 0 Å². The fourth-order valence-corrected chi connectivity index (χ4v) is 3.14. The van der Waals surface area contributed by atoms with Crippen LogP contribution in [0.25, 0.3) is 0 Å². The van der Waals surface area contributed by atoms with E-state index < -0.39 is 11.9 Å². The van der Waals surface area contributed by atoms with Gasteiger partial charge in [0.1, 0.15) is 5.75 Å². The Morgan fingerprint density at radius 3 is 2.75 bits per heavy atom. The summed E-state index contributed by atoms with van der Waals surface area (Å²) in [5.74, 6) is -1.33. The zero-order valence-corrected chi connectivity index (χ0v) is 13.5. The smallest absolute Gasteiger partial charge is 0.308 e. The number of aliphatic carboxylic acids is 1. The second-order valence-corrected chi connectivity index (χ2v) is 5.94. The van der Waals surface area contributed by atoms with Crippen molar-refractivity contribution in [2.45, 2.75) is 5.92 Å². The number of nitrogens with zero attached hydrogens (tertiary/aromatic N) is 3. The Kier molecular flexibility index (Phi) is 4.24. The number of hydrogen-bond donors (Lipinski definition) is 1. The van der Waals surface area contributed by atoms with Gasteiger partial charge in [-0.3, -0.25) is 14.3 Å². The monoisotopic (exact) mass is 329 g/mol. The van der Waals surface area contributed by atoms with Crippen LogP contribution in [0.4, 0.5) is 0 Å². The highest BCUT2D eigenvalue weighted by Gasteiger charge is 2.41. The minimum Gasteiger partial charge on any atom is -0.497 e. The molecule has 1 aromatic carbocycles. The van der Waals surface area contributed by atoms with Gasteiger partial charge in [0, 0.05) is 32.3 Å². The summed E-state index contributed by atoms with van der Waals surface area (Å²) in [5, 5.41) is 13.6. The van der Waals surface area contributed by atoms with Crippen molar-refractivity contribution in [2.24, 2.45) is 13.0 Å². The Balaban J connectivity index is 1.86. The molecular formula is C17H19N3O4. The summed E-state index contributed by atoms with van der Waals surface area (Å²) in [4.78, 5) is 25.8. The largest absolute Gasteiger partial charge is 0.497 e. The summed E-state index contributed by atoms with van der Waals surface area (Å²) in [5.41, 5.74) is 1.33. The first-order valence-electron chi connectivity index (χ1n) is 7.64. The van der Waals surface area contributed by atoms with Gasteiger partial charge >= 0.3 is 5.97 Å². The zero-order chi connectivity index (χ0) is 17.3. The number of amides is 1. The minimum atomic E-state index is -0.899. The number of carbonyl (C=O) groups excluding carboxylic acids is 1. The number of hydrogen-bond acceptors (Lipinski definition) is 4. The van der Waals surface area contributed by atoms with Crippen LogP contribution in [0.2, 0.25) is 0 Å². The summed E-state index contributed by atoms with van der Waals surface area (Å²) in [7, 11) is 3.31. The van der Waals surface area contributed by atoms with E-state index in [1.807, 2.05) is 24.3 Å². The molecule has 1 N–H and O–H groups in total. The van der Waals surface area contributed by atoms with Crippen molar-refractivity contribution in [3.05, 3.63) is 47.8 Å². The maximum Gasteiger partial charge on any atom is 0.308 e. The number of methoxy groups -OCH3 is 1. The van der Waals surface area contributed by atoms with Crippen LogP contribution in [-0.4, -0.2) is 51.9 Å². The van der Waals surface area contributed by atoms with E-state index in [4.69, 9.17) is 4.74 Å². The highest BCUT2D eigenvalue weighted by molar-refractivity contribution is 5.94. The van der Waals surface area contributed by atoms with Gasteiger partial charge < -0.3 is 14.7 Å². The molecule has 24 heavy (non-hydrogen) atoms. The Hall–Kier alpha value is -2.83. The van der Waals surface area contributed by atoms with Gasteiger partial charge in [0.25, 0.3) is 5.91 Å². The Morgan fingerprint density at radius 1 is 1.33 bits per heavy atom. The number of aryl methyl sites for hydroxylation is 1. The fourth-order valence-electron chi connectivity index (χ4n) is 3.14. The first kappa shape index (κ1) is 16.0. The average molecular weight is 329 g/mol. The Labute approximate surface area is 139 Å². The molecule has 1 aromatic heterocycles. The van der Waals surface area contributed by atoms with E-state index in [1.54, 1.807) is 29.9 Å². The summed E-state index contributed by atoms with van der Waals surface area (Å²) >= 11 is 0. The predicted molar refractivity (Wildman–Crippen MR) is 86.0 cm³/mol. The predicted octanol–water partition coefficient (Wildman–Crippen LogP) is 1.37. The standard InChI is InChI=1S/C17H19N3O4/c1-19-8-12(7-18-19)16(21)20-9-14(15(10-20)17(22)23)11-4-3-5-13(6-11)24-2/h3-8,14-15H,9-10H2,1-2H3,(H,22,23)/t14-,15+/m1/s1. The molecule has 1 saturated heterocycles. The Morgan fingerprint density at radius 2 is 2.12 bits per heavy atom. The van der Waals surface area contributed by atoms with Crippen molar-refractivity contribution in [3.63, 3.8) is 0 Å². The van der Waals surface area contributed by atoms with Crippen LogP contribution in [0.5, 0.6) is 5.75 Å². The average Bonchev–Trinajstić information content (AvgIpc) is 3.21. The fraction of sp³-hybridized carbons (Fsp3) is 0.353. The molecule has 0 aliphatic carbocycles. The van der Waals surface area contributed by atoms with Crippen molar-refractivity contribution in [2.75, 3.05) is 20.2 Å². The van der Waals surface area contributed by atoms with Gasteiger partial charge in [-0.05, 0) is 17.7 Å². The number of carbonyl (C=O) groups is 2. The number of likely N-dealkylation sites (tertiary alicyclic amines) is 1. The highest BCUT2D eigenvalue weighted by atomic mass is 16.5. The molecule has 0 spiro atoms. The number of ether oxygens (including phenoxy) is 1. The van der Waals surface area contributed by atoms with Crippen molar-refractivity contribution < 1.29 is 19.4 Å². The second kappa shape index (κ2) is 6.35. The summed E-state index contributed by atoms with van der Waals surface area (Å²) in [6.45, 7) is 0.544. The molecule has 1 aliphatic rings. The van der Waals surface area contributed by atoms with Gasteiger partial charge in [-0.2, -0.15) is 5.10 Å². The van der Waals surface area contributed by atoms with Gasteiger partial charge in [0.15, 0.2) is 0 Å². The van der Waals surface area contributed by atoms with Crippen LogP contribution in [0.3, 0.4) is 0 Å². The van der Waals surface area contributed by atoms with Crippen molar-refractivity contribution in [1.82, 2.24) is 14.7 Å². The lowest BCUT2D eigenvalue weighted by Gasteiger charge is -2.16. The maximum absolute atomic E-state index is 12.6. The van der Waals surface area contributed by atoms with Gasteiger partial charge in [0.05, 0.1) is 24.8 Å². The van der Waals surface area contributed by atoms with Crippen LogP contribution in [0, 0.1) is 5.92 Å². The molecule has 7 nitrogen and oxygen atoms in total. The highest BCUT2D eigenvalue weighted by Crippen LogP contribution is 2.35. The lowest BCUT2D eigenvalue weighted by molar-refractivity contribution is -0.141. The van der Waals surface area contributed by atoms with E-state index in [-0.39, 0.29) is 18.4 Å². The zero-order valence-electron chi connectivity index (χ0n) is 13.5. The van der Waals surface area contributed by atoms with Crippen LogP contribution in [-0.2, 0) is 11.8 Å². The number of carboxylic acids is 1. The number of aromatic nitrogens is 2. The third-order valence-electron chi connectivity index (χ3n) is 4.40. The van der Waals surface area contributed by atoms with Crippen molar-refractivity contribution >= 4 is 11.9 Å². The molecule has 0 radical (unpaired) electrons. The first-order chi connectivity index (χ1) is 11.5.